The number of hydrogen-bond acceptors (Lipinski definition) is 3. The Morgan fingerprint density at radius 1 is 1.38 bits per heavy atom. The Morgan fingerprint density at radius 2 is 1.94 bits per heavy atom. The number of piperazine rings is 1. The maximum absolute atomic E-state index is 11.9. The first kappa shape index (κ1) is 13.5. The van der Waals surface area contributed by atoms with Gasteiger partial charge in [-0.25, -0.2) is 0 Å². The molecule has 1 unspecified atom stereocenters. The molecule has 1 heterocycles. The molecule has 1 atom stereocenters. The van der Waals surface area contributed by atoms with E-state index in [1.54, 1.807) is 0 Å². The molecular weight excluding hydrogens is 202 g/mol. The number of carbonyl (C=O) groups is 1. The van der Waals surface area contributed by atoms with Crippen molar-refractivity contribution in [1.82, 2.24) is 15.5 Å². The van der Waals surface area contributed by atoms with Crippen LogP contribution in [0.25, 0.3) is 0 Å². The summed E-state index contributed by atoms with van der Waals surface area (Å²) in [6.07, 6.45) is 0. The summed E-state index contributed by atoms with van der Waals surface area (Å²) in [4.78, 5) is 14.1. The van der Waals surface area contributed by atoms with Gasteiger partial charge in [0, 0.05) is 32.7 Å². The Bertz CT molecular complexity index is 229. The zero-order chi connectivity index (χ0) is 12.2. The van der Waals surface area contributed by atoms with Crippen molar-refractivity contribution in [2.24, 2.45) is 5.41 Å². The van der Waals surface area contributed by atoms with Crippen molar-refractivity contribution in [3.63, 3.8) is 0 Å². The Morgan fingerprint density at radius 3 is 2.44 bits per heavy atom. The quantitative estimate of drug-likeness (QED) is 0.735. The van der Waals surface area contributed by atoms with E-state index in [4.69, 9.17) is 0 Å². The maximum Gasteiger partial charge on any atom is 0.237 e. The molecule has 1 amide bonds. The van der Waals surface area contributed by atoms with Gasteiger partial charge in [0.05, 0.1) is 6.04 Å². The normalized spacial score (nSPS) is 20.5. The predicted octanol–water partition coefficient (Wildman–Crippen LogP) is 0.442. The minimum atomic E-state index is -0.00977. The molecule has 16 heavy (non-hydrogen) atoms. The first-order chi connectivity index (χ1) is 7.40. The fourth-order valence-electron chi connectivity index (χ4n) is 1.74. The molecule has 0 radical (unpaired) electrons. The van der Waals surface area contributed by atoms with Crippen LogP contribution in [0.15, 0.2) is 0 Å². The molecule has 2 N–H and O–H groups in total. The van der Waals surface area contributed by atoms with Gasteiger partial charge in [0.1, 0.15) is 0 Å². The van der Waals surface area contributed by atoms with Crippen LogP contribution in [0.4, 0.5) is 0 Å². The van der Waals surface area contributed by atoms with Gasteiger partial charge in [0.2, 0.25) is 5.91 Å². The number of nitrogens with one attached hydrogen (secondary N) is 2. The first-order valence-corrected chi connectivity index (χ1v) is 6.13. The summed E-state index contributed by atoms with van der Waals surface area (Å²) in [6.45, 7) is 13.0. The molecule has 94 valence electrons. The molecular formula is C12H25N3O. The van der Waals surface area contributed by atoms with Gasteiger partial charge in [0.15, 0.2) is 0 Å². The molecule has 1 fully saturated rings. The second-order valence-corrected chi connectivity index (χ2v) is 5.74. The fraction of sp³-hybridized carbons (Fsp3) is 0.917. The molecule has 1 aliphatic heterocycles. The lowest BCUT2D eigenvalue weighted by Crippen LogP contribution is -2.53. The maximum atomic E-state index is 11.9. The monoisotopic (exact) mass is 227 g/mol. The summed E-state index contributed by atoms with van der Waals surface area (Å²) in [5.41, 5.74) is 0.152. The van der Waals surface area contributed by atoms with Crippen LogP contribution in [0, 0.1) is 5.41 Å². The number of rotatable bonds is 3. The van der Waals surface area contributed by atoms with Gasteiger partial charge in [-0.2, -0.15) is 0 Å². The average Bonchev–Trinajstić information content (AvgIpc) is 2.25. The smallest absolute Gasteiger partial charge is 0.237 e. The van der Waals surface area contributed by atoms with E-state index in [-0.39, 0.29) is 17.4 Å². The van der Waals surface area contributed by atoms with Gasteiger partial charge in [0.25, 0.3) is 0 Å². The van der Waals surface area contributed by atoms with Crippen molar-refractivity contribution >= 4 is 5.91 Å². The van der Waals surface area contributed by atoms with Crippen molar-refractivity contribution in [2.45, 2.75) is 33.7 Å². The molecule has 0 aromatic heterocycles. The molecule has 4 nitrogen and oxygen atoms in total. The van der Waals surface area contributed by atoms with Crippen molar-refractivity contribution in [3.05, 3.63) is 0 Å². The van der Waals surface area contributed by atoms with Gasteiger partial charge in [-0.1, -0.05) is 20.8 Å². The predicted molar refractivity (Wildman–Crippen MR) is 66.4 cm³/mol. The third-order valence-corrected chi connectivity index (χ3v) is 2.87. The minimum absolute atomic E-state index is 0.00977. The van der Waals surface area contributed by atoms with Gasteiger partial charge in [-0.3, -0.25) is 9.69 Å². The summed E-state index contributed by atoms with van der Waals surface area (Å²) in [7, 11) is 0. The summed E-state index contributed by atoms with van der Waals surface area (Å²) in [5.74, 6) is 0.150. The zero-order valence-electron chi connectivity index (χ0n) is 11.0. The van der Waals surface area contributed by atoms with E-state index in [0.29, 0.717) is 0 Å². The van der Waals surface area contributed by atoms with E-state index >= 15 is 0 Å². The number of nitrogens with zero attached hydrogens (tertiary/aromatic N) is 1. The van der Waals surface area contributed by atoms with E-state index in [0.717, 1.165) is 32.7 Å². The van der Waals surface area contributed by atoms with Gasteiger partial charge in [-0.15, -0.1) is 0 Å². The van der Waals surface area contributed by atoms with E-state index in [2.05, 4.69) is 36.3 Å². The van der Waals surface area contributed by atoms with Crippen molar-refractivity contribution in [2.75, 3.05) is 32.7 Å². The van der Waals surface area contributed by atoms with Crippen LogP contribution in [-0.4, -0.2) is 49.6 Å². The molecule has 1 aliphatic rings. The summed E-state index contributed by atoms with van der Waals surface area (Å²) < 4.78 is 0. The Labute approximate surface area is 98.8 Å². The minimum Gasteiger partial charge on any atom is -0.354 e. The third kappa shape index (κ3) is 4.49. The summed E-state index contributed by atoms with van der Waals surface area (Å²) in [6, 6.07) is -0.00977. The van der Waals surface area contributed by atoms with Crippen LogP contribution < -0.4 is 10.6 Å². The van der Waals surface area contributed by atoms with Crippen molar-refractivity contribution in [1.29, 1.82) is 0 Å². The highest BCUT2D eigenvalue weighted by Crippen LogP contribution is 2.10. The van der Waals surface area contributed by atoms with Crippen LogP contribution in [0.3, 0.4) is 0 Å². The van der Waals surface area contributed by atoms with Crippen LogP contribution in [0.5, 0.6) is 0 Å². The Kier molecular flexibility index (Phi) is 4.74. The molecule has 0 saturated carbocycles. The first-order valence-electron chi connectivity index (χ1n) is 6.13. The molecule has 1 saturated heterocycles. The molecule has 0 aromatic rings. The Balaban J connectivity index is 2.34. The lowest BCUT2D eigenvalue weighted by Gasteiger charge is -2.32. The van der Waals surface area contributed by atoms with Crippen LogP contribution >= 0.6 is 0 Å². The largest absolute Gasteiger partial charge is 0.354 e. The highest BCUT2D eigenvalue weighted by molar-refractivity contribution is 5.81. The van der Waals surface area contributed by atoms with E-state index in [9.17, 15) is 4.79 Å². The molecule has 4 heteroatoms. The fourth-order valence-corrected chi connectivity index (χ4v) is 1.74. The molecule has 1 rings (SSSR count). The number of amides is 1. The molecule has 0 aliphatic carbocycles. The topological polar surface area (TPSA) is 44.4 Å². The molecule has 0 spiro atoms. The van der Waals surface area contributed by atoms with Gasteiger partial charge >= 0.3 is 0 Å². The number of carbonyl (C=O) groups excluding carboxylic acids is 1. The van der Waals surface area contributed by atoms with E-state index in [1.807, 2.05) is 6.92 Å². The van der Waals surface area contributed by atoms with Gasteiger partial charge in [-0.05, 0) is 12.3 Å². The summed E-state index contributed by atoms with van der Waals surface area (Å²) >= 11 is 0. The average molecular weight is 227 g/mol. The lowest BCUT2D eigenvalue weighted by molar-refractivity contribution is -0.126. The Hall–Kier alpha value is -0.610. The number of hydrogen-bond donors (Lipinski definition) is 2. The van der Waals surface area contributed by atoms with Crippen LogP contribution in [0.2, 0.25) is 0 Å². The standard InChI is InChI=1S/C12H25N3O/c1-10(15-7-5-13-6-8-15)11(16)14-9-12(2,3)4/h10,13H,5-9H2,1-4H3,(H,14,16). The van der Waals surface area contributed by atoms with Crippen molar-refractivity contribution in [3.8, 4) is 0 Å². The second-order valence-electron chi connectivity index (χ2n) is 5.74. The van der Waals surface area contributed by atoms with Crippen LogP contribution in [-0.2, 0) is 4.79 Å². The third-order valence-electron chi connectivity index (χ3n) is 2.87. The van der Waals surface area contributed by atoms with E-state index < -0.39 is 0 Å². The van der Waals surface area contributed by atoms with Gasteiger partial charge < -0.3 is 10.6 Å². The zero-order valence-corrected chi connectivity index (χ0v) is 11.0. The van der Waals surface area contributed by atoms with Crippen molar-refractivity contribution < 1.29 is 4.79 Å². The van der Waals surface area contributed by atoms with E-state index in [1.165, 1.54) is 0 Å². The second kappa shape index (κ2) is 5.64. The molecule has 0 bridgehead atoms. The lowest BCUT2D eigenvalue weighted by atomic mass is 9.97. The summed E-state index contributed by atoms with van der Waals surface area (Å²) in [5, 5.41) is 6.31. The highest BCUT2D eigenvalue weighted by Gasteiger charge is 2.23. The highest BCUT2D eigenvalue weighted by atomic mass is 16.2. The molecule has 0 aromatic carbocycles. The van der Waals surface area contributed by atoms with Crippen LogP contribution in [0.1, 0.15) is 27.7 Å². The SMILES string of the molecule is CC(C(=O)NCC(C)(C)C)N1CCNCC1.